The van der Waals surface area contributed by atoms with E-state index in [0.29, 0.717) is 0 Å². The molecule has 0 atom stereocenters. The molecule has 0 unspecified atom stereocenters. The summed E-state index contributed by atoms with van der Waals surface area (Å²) in [6.07, 6.45) is 6.90. The Morgan fingerprint density at radius 1 is 1.00 bits per heavy atom. The zero-order chi connectivity index (χ0) is 23.4. The summed E-state index contributed by atoms with van der Waals surface area (Å²) in [5.41, 5.74) is 2.79. The SMILES string of the molecule is CC(C)[N-]C([N-]C(C)C)n1cncn1.CN1C=CN(c2[c-]cc3c(c2)oc2ccccc23)[CH-]1.[Ir]. The summed E-state index contributed by atoms with van der Waals surface area (Å²) in [6.45, 7) is 10.1. The van der Waals surface area contributed by atoms with Crippen molar-refractivity contribution in [1.82, 2.24) is 19.7 Å². The van der Waals surface area contributed by atoms with Gasteiger partial charge >= 0.3 is 0 Å². The summed E-state index contributed by atoms with van der Waals surface area (Å²) in [7, 11) is 2.00. The number of aromatic nitrogens is 3. The van der Waals surface area contributed by atoms with Crippen molar-refractivity contribution in [3.05, 3.63) is 84.8 Å². The van der Waals surface area contributed by atoms with Gasteiger partial charge in [0.05, 0.1) is 0 Å². The average Bonchev–Trinajstić information content (AvgIpc) is 3.52. The molecule has 34 heavy (non-hydrogen) atoms. The molecule has 0 saturated heterocycles. The van der Waals surface area contributed by atoms with E-state index < -0.39 is 0 Å². The second-order valence-corrected chi connectivity index (χ2v) is 8.39. The van der Waals surface area contributed by atoms with Gasteiger partial charge in [-0.05, 0) is 30.9 Å². The van der Waals surface area contributed by atoms with Crippen molar-refractivity contribution < 1.29 is 24.5 Å². The Labute approximate surface area is 214 Å². The van der Waals surface area contributed by atoms with E-state index in [4.69, 9.17) is 4.42 Å². The molecule has 8 nitrogen and oxygen atoms in total. The first-order valence-corrected chi connectivity index (χ1v) is 11.0. The molecule has 3 heterocycles. The molecule has 5 rings (SSSR count). The van der Waals surface area contributed by atoms with Crippen molar-refractivity contribution in [2.45, 2.75) is 46.1 Å². The standard InChI is InChI=1S/C16H12N2O.C9H17N5.Ir/c1-17-8-9-18(11-17)12-6-7-14-13-4-2-3-5-15(13)19-16(14)10-12;1-7(2)12-9(13-8(3)4)14-6-10-5-11-14;/h2-5,7-11H,1H3;5-9H,1-4H3;/q2*-2;. The number of nitrogens with zero attached hydrogens (tertiary/aromatic N) is 7. The Bertz CT molecular complexity index is 1190. The van der Waals surface area contributed by atoms with Crippen LogP contribution < -0.4 is 4.90 Å². The van der Waals surface area contributed by atoms with Gasteiger partial charge in [-0.1, -0.05) is 51.3 Å². The fraction of sp³-hybridized carbons (Fsp3) is 0.320. The van der Waals surface area contributed by atoms with Crippen LogP contribution in [0.25, 0.3) is 32.6 Å². The zero-order valence-electron chi connectivity index (χ0n) is 20.0. The Kier molecular flexibility index (Phi) is 8.85. The summed E-state index contributed by atoms with van der Waals surface area (Å²) in [4.78, 5) is 7.91. The van der Waals surface area contributed by atoms with Gasteiger partial charge in [-0.25, -0.2) is 4.98 Å². The summed E-state index contributed by atoms with van der Waals surface area (Å²) < 4.78 is 7.55. The smallest absolute Gasteiger partial charge is 0.137 e. The maximum absolute atomic E-state index is 5.88. The van der Waals surface area contributed by atoms with Crippen LogP contribution in [-0.2, 0) is 20.1 Å². The van der Waals surface area contributed by atoms with Crippen LogP contribution in [-0.4, -0.2) is 38.8 Å². The second-order valence-electron chi connectivity index (χ2n) is 8.39. The first-order valence-electron chi connectivity index (χ1n) is 11.0. The van der Waals surface area contributed by atoms with Crippen molar-refractivity contribution >= 4 is 27.6 Å². The molecule has 9 heteroatoms. The van der Waals surface area contributed by atoms with Crippen LogP contribution >= 0.6 is 0 Å². The Balaban J connectivity index is 0.000000195. The Morgan fingerprint density at radius 3 is 2.35 bits per heavy atom. The third kappa shape index (κ3) is 6.24. The van der Waals surface area contributed by atoms with Crippen LogP contribution in [0, 0.1) is 12.7 Å². The maximum Gasteiger partial charge on any atom is 0.137 e. The number of rotatable bonds is 6. The van der Waals surface area contributed by atoms with E-state index in [-0.39, 0.29) is 38.5 Å². The van der Waals surface area contributed by atoms with Gasteiger partial charge in [0.25, 0.3) is 0 Å². The maximum atomic E-state index is 5.88. The quantitative estimate of drug-likeness (QED) is 0.242. The first kappa shape index (κ1) is 25.9. The first-order chi connectivity index (χ1) is 15.9. The van der Waals surface area contributed by atoms with Gasteiger partial charge in [0.2, 0.25) is 0 Å². The second kappa shape index (κ2) is 11.6. The fourth-order valence-corrected chi connectivity index (χ4v) is 3.44. The molecule has 0 N–H and O–H groups in total. The van der Waals surface area contributed by atoms with Gasteiger partial charge in [-0.3, -0.25) is 4.68 Å². The van der Waals surface area contributed by atoms with E-state index in [1.807, 2.05) is 93.9 Å². The molecule has 4 aromatic rings. The minimum Gasteiger partial charge on any atom is -0.657 e. The molecule has 2 aromatic carbocycles. The number of benzene rings is 2. The average molecular weight is 636 g/mol. The normalized spacial score (nSPS) is 13.3. The topological polar surface area (TPSA) is 78.5 Å². The van der Waals surface area contributed by atoms with Gasteiger partial charge in [0.1, 0.15) is 18.2 Å². The molecular weight excluding hydrogens is 607 g/mol. The molecule has 0 saturated carbocycles. The van der Waals surface area contributed by atoms with Gasteiger partial charge in [0, 0.05) is 25.7 Å². The molecule has 1 aliphatic rings. The van der Waals surface area contributed by atoms with Crippen molar-refractivity contribution in [3.8, 4) is 0 Å². The monoisotopic (exact) mass is 636 g/mol. The van der Waals surface area contributed by atoms with E-state index >= 15 is 0 Å². The molecule has 1 aliphatic heterocycles. The molecule has 1 radical (unpaired) electrons. The van der Waals surface area contributed by atoms with Gasteiger partial charge in [-0.15, -0.1) is 30.1 Å². The van der Waals surface area contributed by atoms with E-state index in [2.05, 4.69) is 32.8 Å². The summed E-state index contributed by atoms with van der Waals surface area (Å²) in [5, 5.41) is 15.2. The number of hydrogen-bond acceptors (Lipinski definition) is 5. The number of hydrogen-bond donors (Lipinski definition) is 0. The van der Waals surface area contributed by atoms with Crippen LogP contribution in [0.3, 0.4) is 0 Å². The molecule has 0 fully saturated rings. The van der Waals surface area contributed by atoms with Gasteiger partial charge in [-0.2, -0.15) is 23.9 Å². The zero-order valence-corrected chi connectivity index (χ0v) is 22.4. The number of furan rings is 1. The number of fused-ring (bicyclic) bond motifs is 3. The summed E-state index contributed by atoms with van der Waals surface area (Å²) in [6, 6.07) is 15.9. The number of anilines is 1. The van der Waals surface area contributed by atoms with Gasteiger partial charge in [0.15, 0.2) is 0 Å². The predicted molar refractivity (Wildman–Crippen MR) is 132 cm³/mol. The van der Waals surface area contributed by atoms with Crippen LogP contribution in [0.15, 0.2) is 65.9 Å². The van der Waals surface area contributed by atoms with Crippen LogP contribution in [0.1, 0.15) is 34.0 Å². The van der Waals surface area contributed by atoms with Crippen LogP contribution in [0.4, 0.5) is 5.69 Å². The molecule has 0 amide bonds. The third-order valence-electron chi connectivity index (χ3n) is 4.88. The molecule has 0 spiro atoms. The van der Waals surface area contributed by atoms with Crippen molar-refractivity contribution in [1.29, 1.82) is 0 Å². The summed E-state index contributed by atoms with van der Waals surface area (Å²) in [5.74, 6) is 0. The summed E-state index contributed by atoms with van der Waals surface area (Å²) >= 11 is 0. The van der Waals surface area contributed by atoms with Crippen LogP contribution in [0.2, 0.25) is 0 Å². The predicted octanol–water partition coefficient (Wildman–Crippen LogP) is 6.02. The van der Waals surface area contributed by atoms with E-state index in [1.165, 1.54) is 6.33 Å². The number of para-hydroxylation sites is 1. The third-order valence-corrected chi connectivity index (χ3v) is 4.88. The molecule has 2 aromatic heterocycles. The molecule has 183 valence electrons. The van der Waals surface area contributed by atoms with Gasteiger partial charge < -0.3 is 24.9 Å². The van der Waals surface area contributed by atoms with E-state index in [0.717, 1.165) is 27.6 Å². The van der Waals surface area contributed by atoms with Crippen molar-refractivity contribution in [2.75, 3.05) is 11.9 Å². The van der Waals surface area contributed by atoms with E-state index in [9.17, 15) is 0 Å². The molecule has 0 aliphatic carbocycles. The minimum absolute atomic E-state index is 0. The molecular formula is C25H29IrN7O-4. The fourth-order valence-electron chi connectivity index (χ4n) is 3.44. The van der Waals surface area contributed by atoms with Crippen molar-refractivity contribution in [2.24, 2.45) is 0 Å². The minimum atomic E-state index is -0.238. The Hall–Kier alpha value is -2.71. The van der Waals surface area contributed by atoms with Crippen molar-refractivity contribution in [3.63, 3.8) is 0 Å². The largest absolute Gasteiger partial charge is 0.657 e. The van der Waals surface area contributed by atoms with Crippen LogP contribution in [0.5, 0.6) is 0 Å². The molecule has 0 bridgehead atoms. The Morgan fingerprint density at radius 2 is 1.74 bits per heavy atom. The van der Waals surface area contributed by atoms with E-state index in [1.54, 1.807) is 11.0 Å².